The lowest BCUT2D eigenvalue weighted by molar-refractivity contribution is 0.0138. The Morgan fingerprint density at radius 1 is 1.29 bits per heavy atom. The summed E-state index contributed by atoms with van der Waals surface area (Å²) in [6.07, 6.45) is 1.44. The second-order valence-electron chi connectivity index (χ2n) is 6.33. The van der Waals surface area contributed by atoms with Gasteiger partial charge in [-0.25, -0.2) is 4.79 Å². The summed E-state index contributed by atoms with van der Waals surface area (Å²) in [5, 5.41) is 0. The summed E-state index contributed by atoms with van der Waals surface area (Å²) in [5.74, 6) is 0. The van der Waals surface area contributed by atoms with Gasteiger partial charge in [-0.15, -0.1) is 0 Å². The van der Waals surface area contributed by atoms with Gasteiger partial charge in [-0.1, -0.05) is 0 Å². The molecule has 0 aromatic carbocycles. The molecule has 0 radical (unpaired) electrons. The predicted octanol–water partition coefficient (Wildman–Crippen LogP) is 1.72. The highest BCUT2D eigenvalue weighted by atomic mass is 16.6. The number of piperazine rings is 1. The molecule has 1 saturated heterocycles. The minimum absolute atomic E-state index is 0.229. The van der Waals surface area contributed by atoms with Crippen molar-refractivity contribution in [2.45, 2.75) is 32.9 Å². The van der Waals surface area contributed by atoms with E-state index in [9.17, 15) is 4.79 Å². The Labute approximate surface area is 125 Å². The van der Waals surface area contributed by atoms with Crippen LogP contribution in [0, 0.1) is 0 Å². The van der Waals surface area contributed by atoms with Gasteiger partial charge in [0.25, 0.3) is 0 Å². The topological polar surface area (TPSA) is 71.7 Å². The smallest absolute Gasteiger partial charge is 0.410 e. The van der Waals surface area contributed by atoms with Crippen LogP contribution in [0.15, 0.2) is 18.3 Å². The number of hydrogen-bond donors (Lipinski definition) is 1. The van der Waals surface area contributed by atoms with Crippen molar-refractivity contribution in [2.75, 3.05) is 31.9 Å². The van der Waals surface area contributed by atoms with Gasteiger partial charge in [-0.2, -0.15) is 0 Å². The molecular formula is C15H24N4O2. The summed E-state index contributed by atoms with van der Waals surface area (Å²) in [4.78, 5) is 20.3. The normalized spacial score (nSPS) is 16.8. The number of rotatable bonds is 2. The Bertz CT molecular complexity index is 473. The summed E-state index contributed by atoms with van der Waals surface area (Å²) < 4.78 is 5.39. The number of anilines is 1. The SMILES string of the molecule is CC(C)(C)OC(=O)N1CCN(Cc2ccc(N)cn2)CC1. The lowest BCUT2D eigenvalue weighted by Gasteiger charge is -2.35. The maximum atomic E-state index is 12.0. The molecule has 0 bridgehead atoms. The zero-order chi connectivity index (χ0) is 15.5. The summed E-state index contributed by atoms with van der Waals surface area (Å²) in [5.41, 5.74) is 6.86. The molecule has 0 saturated carbocycles. The lowest BCUT2D eigenvalue weighted by atomic mass is 10.2. The highest BCUT2D eigenvalue weighted by Crippen LogP contribution is 2.13. The molecule has 1 aliphatic heterocycles. The van der Waals surface area contributed by atoms with Crippen molar-refractivity contribution in [1.29, 1.82) is 0 Å². The number of nitrogens with zero attached hydrogens (tertiary/aromatic N) is 3. The molecular weight excluding hydrogens is 268 g/mol. The van der Waals surface area contributed by atoms with Gasteiger partial charge in [-0.3, -0.25) is 9.88 Å². The summed E-state index contributed by atoms with van der Waals surface area (Å²) in [6, 6.07) is 3.80. The van der Waals surface area contributed by atoms with Gasteiger partial charge in [0, 0.05) is 32.7 Å². The zero-order valence-electron chi connectivity index (χ0n) is 13.0. The van der Waals surface area contributed by atoms with Crippen LogP contribution in [0.25, 0.3) is 0 Å². The molecule has 0 unspecified atom stereocenters. The standard InChI is InChI=1S/C15H24N4O2/c1-15(2,3)21-14(20)19-8-6-18(7-9-19)11-13-5-4-12(16)10-17-13/h4-5,10H,6-9,11,16H2,1-3H3. The lowest BCUT2D eigenvalue weighted by Crippen LogP contribution is -2.49. The third-order valence-electron chi connectivity index (χ3n) is 3.26. The predicted molar refractivity (Wildman–Crippen MR) is 81.7 cm³/mol. The van der Waals surface area contributed by atoms with Crippen molar-refractivity contribution in [2.24, 2.45) is 0 Å². The van der Waals surface area contributed by atoms with Crippen LogP contribution in [0.3, 0.4) is 0 Å². The first-order valence-corrected chi connectivity index (χ1v) is 7.24. The first-order chi connectivity index (χ1) is 9.83. The molecule has 2 rings (SSSR count). The summed E-state index contributed by atoms with van der Waals surface area (Å²) >= 11 is 0. The number of nitrogens with two attached hydrogens (primary N) is 1. The number of amides is 1. The van der Waals surface area contributed by atoms with E-state index in [1.54, 1.807) is 11.1 Å². The third-order valence-corrected chi connectivity index (χ3v) is 3.26. The van der Waals surface area contributed by atoms with Gasteiger partial charge in [-0.05, 0) is 32.9 Å². The molecule has 21 heavy (non-hydrogen) atoms. The number of hydrogen-bond acceptors (Lipinski definition) is 5. The Morgan fingerprint density at radius 3 is 2.48 bits per heavy atom. The number of carbonyl (C=O) groups is 1. The van der Waals surface area contributed by atoms with Crippen molar-refractivity contribution in [3.8, 4) is 0 Å². The van der Waals surface area contributed by atoms with Crippen LogP contribution >= 0.6 is 0 Å². The van der Waals surface area contributed by atoms with Crippen molar-refractivity contribution in [3.05, 3.63) is 24.0 Å². The van der Waals surface area contributed by atoms with Crippen LogP contribution in [0.4, 0.5) is 10.5 Å². The second-order valence-corrected chi connectivity index (χ2v) is 6.33. The quantitative estimate of drug-likeness (QED) is 0.898. The fraction of sp³-hybridized carbons (Fsp3) is 0.600. The van der Waals surface area contributed by atoms with Gasteiger partial charge < -0.3 is 15.4 Å². The summed E-state index contributed by atoms with van der Waals surface area (Å²) in [7, 11) is 0. The number of nitrogen functional groups attached to an aromatic ring is 1. The number of ether oxygens (including phenoxy) is 1. The van der Waals surface area contributed by atoms with E-state index in [0.29, 0.717) is 18.8 Å². The molecule has 116 valence electrons. The van der Waals surface area contributed by atoms with Crippen LogP contribution in [-0.2, 0) is 11.3 Å². The van der Waals surface area contributed by atoms with Gasteiger partial charge >= 0.3 is 6.09 Å². The first kappa shape index (κ1) is 15.6. The molecule has 1 amide bonds. The number of aromatic nitrogens is 1. The van der Waals surface area contributed by atoms with Gasteiger partial charge in [0.1, 0.15) is 5.60 Å². The average molecular weight is 292 g/mol. The van der Waals surface area contributed by atoms with E-state index in [1.165, 1.54) is 0 Å². The van der Waals surface area contributed by atoms with E-state index in [1.807, 2.05) is 32.9 Å². The van der Waals surface area contributed by atoms with Crippen LogP contribution < -0.4 is 5.73 Å². The number of pyridine rings is 1. The van der Waals surface area contributed by atoms with Crippen molar-refractivity contribution >= 4 is 11.8 Å². The fourth-order valence-electron chi connectivity index (χ4n) is 2.17. The molecule has 6 heteroatoms. The Hall–Kier alpha value is -1.82. The third kappa shape index (κ3) is 4.90. The van der Waals surface area contributed by atoms with E-state index in [-0.39, 0.29) is 6.09 Å². The van der Waals surface area contributed by atoms with Crippen molar-refractivity contribution in [3.63, 3.8) is 0 Å². The van der Waals surface area contributed by atoms with E-state index in [4.69, 9.17) is 10.5 Å². The maximum Gasteiger partial charge on any atom is 0.410 e. The molecule has 6 nitrogen and oxygen atoms in total. The molecule has 1 aromatic rings. The zero-order valence-corrected chi connectivity index (χ0v) is 13.0. The molecule has 0 spiro atoms. The minimum Gasteiger partial charge on any atom is -0.444 e. The van der Waals surface area contributed by atoms with Crippen LogP contribution in [-0.4, -0.2) is 52.7 Å². The van der Waals surface area contributed by atoms with E-state index in [2.05, 4.69) is 9.88 Å². The Balaban J connectivity index is 1.80. The van der Waals surface area contributed by atoms with Gasteiger partial charge in [0.05, 0.1) is 17.6 Å². The molecule has 2 N–H and O–H groups in total. The largest absolute Gasteiger partial charge is 0.444 e. The monoisotopic (exact) mass is 292 g/mol. The van der Waals surface area contributed by atoms with Crippen molar-refractivity contribution in [1.82, 2.24) is 14.8 Å². The molecule has 1 aromatic heterocycles. The van der Waals surface area contributed by atoms with Gasteiger partial charge in [0.2, 0.25) is 0 Å². The van der Waals surface area contributed by atoms with E-state index in [0.717, 1.165) is 25.3 Å². The van der Waals surface area contributed by atoms with E-state index >= 15 is 0 Å². The Morgan fingerprint density at radius 2 is 1.95 bits per heavy atom. The highest BCUT2D eigenvalue weighted by molar-refractivity contribution is 5.68. The maximum absolute atomic E-state index is 12.0. The average Bonchev–Trinajstić information content (AvgIpc) is 2.40. The molecule has 1 fully saturated rings. The minimum atomic E-state index is -0.442. The molecule has 2 heterocycles. The molecule has 1 aliphatic rings. The summed E-state index contributed by atoms with van der Waals surface area (Å²) in [6.45, 7) is 9.45. The van der Waals surface area contributed by atoms with Crippen LogP contribution in [0.5, 0.6) is 0 Å². The van der Waals surface area contributed by atoms with Crippen molar-refractivity contribution < 1.29 is 9.53 Å². The highest BCUT2D eigenvalue weighted by Gasteiger charge is 2.25. The molecule has 0 aliphatic carbocycles. The van der Waals surface area contributed by atoms with Crippen LogP contribution in [0.1, 0.15) is 26.5 Å². The number of carbonyl (C=O) groups excluding carboxylic acids is 1. The van der Waals surface area contributed by atoms with Gasteiger partial charge in [0.15, 0.2) is 0 Å². The second kappa shape index (κ2) is 6.30. The molecule has 0 atom stereocenters. The Kier molecular flexibility index (Phi) is 4.67. The fourth-order valence-corrected chi connectivity index (χ4v) is 2.17. The van der Waals surface area contributed by atoms with Crippen LogP contribution in [0.2, 0.25) is 0 Å². The first-order valence-electron chi connectivity index (χ1n) is 7.24. The van der Waals surface area contributed by atoms with E-state index < -0.39 is 5.60 Å².